The number of benzene rings is 2. The Kier molecular flexibility index (Phi) is 11.5. The maximum atomic E-state index is 13.6. The molecule has 2 aromatic carbocycles. The summed E-state index contributed by atoms with van der Waals surface area (Å²) in [6.07, 6.45) is -7.94. The van der Waals surface area contributed by atoms with Crippen LogP contribution in [-0.4, -0.2) is 51.7 Å². The summed E-state index contributed by atoms with van der Waals surface area (Å²) in [5.41, 5.74) is 1.91. The first-order valence-corrected chi connectivity index (χ1v) is 14.0. The number of imidazole rings is 1. The average molecular weight is 655 g/mol. The Bertz CT molecular complexity index is 1480. The first-order chi connectivity index (χ1) is 21.4. The number of primary amides is 1. The number of hydrogen-bond acceptors (Lipinski definition) is 5. The Hall–Kier alpha value is -4.89. The van der Waals surface area contributed by atoms with Crippen molar-refractivity contribution in [2.75, 3.05) is 0 Å². The van der Waals surface area contributed by atoms with Crippen molar-refractivity contribution in [3.8, 4) is 0 Å². The van der Waals surface area contributed by atoms with Gasteiger partial charge in [0.1, 0.15) is 18.1 Å². The molecule has 0 radical (unpaired) electrons. The van der Waals surface area contributed by atoms with Crippen LogP contribution < -0.4 is 21.7 Å². The number of carbonyl (C=O) groups is 4. The molecule has 248 valence electrons. The molecular formula is C30H32F6N6O4. The molecule has 3 rings (SSSR count). The van der Waals surface area contributed by atoms with E-state index in [9.17, 15) is 45.5 Å². The highest BCUT2D eigenvalue weighted by atomic mass is 19.4. The topological polar surface area (TPSA) is 159 Å². The van der Waals surface area contributed by atoms with Gasteiger partial charge in [-0.25, -0.2) is 4.98 Å². The van der Waals surface area contributed by atoms with E-state index in [1.807, 2.05) is 0 Å². The average Bonchev–Trinajstić information content (AvgIpc) is 3.48. The summed E-state index contributed by atoms with van der Waals surface area (Å²) in [5.74, 6) is -4.06. The van der Waals surface area contributed by atoms with Gasteiger partial charge in [0.05, 0.1) is 17.5 Å². The predicted octanol–water partition coefficient (Wildman–Crippen LogP) is 3.53. The molecule has 0 aliphatic carbocycles. The lowest BCUT2D eigenvalue weighted by Gasteiger charge is -2.25. The third-order valence-electron chi connectivity index (χ3n) is 6.73. The largest absolute Gasteiger partial charge is 0.416 e. The molecule has 0 aliphatic heterocycles. The zero-order valence-electron chi connectivity index (χ0n) is 24.6. The molecule has 0 spiro atoms. The van der Waals surface area contributed by atoms with Crippen LogP contribution in [0.3, 0.4) is 0 Å². The summed E-state index contributed by atoms with van der Waals surface area (Å²) in [6.45, 7) is 3.59. The fourth-order valence-corrected chi connectivity index (χ4v) is 4.47. The van der Waals surface area contributed by atoms with Crippen LogP contribution in [0.4, 0.5) is 26.3 Å². The van der Waals surface area contributed by atoms with E-state index in [0.717, 1.165) is 0 Å². The number of nitrogens with two attached hydrogens (primary N) is 1. The fourth-order valence-electron chi connectivity index (χ4n) is 4.47. The van der Waals surface area contributed by atoms with Gasteiger partial charge in [-0.3, -0.25) is 19.2 Å². The summed E-state index contributed by atoms with van der Waals surface area (Å²) >= 11 is 0. The Morgan fingerprint density at radius 1 is 0.804 bits per heavy atom. The number of aromatic amines is 1. The maximum absolute atomic E-state index is 13.6. The minimum Gasteiger partial charge on any atom is -0.368 e. The SMILES string of the molecule is CC(C)CC(NC(=O)C(Cc1cnc[nH]1)NC(=O)C(Cc1ccccc1)NC(=O)c1cc(C(F)(F)F)cc(C(F)(F)F)c1)C(N)=O. The molecule has 0 saturated heterocycles. The van der Waals surface area contributed by atoms with E-state index >= 15 is 0 Å². The molecule has 0 bridgehead atoms. The molecular weight excluding hydrogens is 622 g/mol. The van der Waals surface area contributed by atoms with Crippen molar-refractivity contribution in [1.82, 2.24) is 25.9 Å². The first-order valence-electron chi connectivity index (χ1n) is 14.0. The van der Waals surface area contributed by atoms with Crippen LogP contribution in [0.25, 0.3) is 0 Å². The van der Waals surface area contributed by atoms with Crippen LogP contribution in [0, 0.1) is 5.92 Å². The number of alkyl halides is 6. The number of nitrogens with zero attached hydrogens (tertiary/aromatic N) is 1. The van der Waals surface area contributed by atoms with E-state index in [-0.39, 0.29) is 43.4 Å². The second-order valence-corrected chi connectivity index (χ2v) is 10.9. The monoisotopic (exact) mass is 654 g/mol. The van der Waals surface area contributed by atoms with Crippen LogP contribution >= 0.6 is 0 Å². The van der Waals surface area contributed by atoms with Crippen LogP contribution in [0.15, 0.2) is 61.1 Å². The van der Waals surface area contributed by atoms with Crippen LogP contribution in [0.5, 0.6) is 0 Å². The van der Waals surface area contributed by atoms with Crippen LogP contribution in [0.1, 0.15) is 53.0 Å². The molecule has 3 atom stereocenters. The van der Waals surface area contributed by atoms with Crippen molar-refractivity contribution in [2.24, 2.45) is 11.7 Å². The number of nitrogens with one attached hydrogen (secondary N) is 4. The number of rotatable bonds is 13. The molecule has 3 aromatic rings. The second kappa shape index (κ2) is 14.9. The van der Waals surface area contributed by atoms with Gasteiger partial charge in [-0.1, -0.05) is 44.2 Å². The van der Waals surface area contributed by atoms with E-state index in [4.69, 9.17) is 5.73 Å². The van der Waals surface area contributed by atoms with Gasteiger partial charge in [0.25, 0.3) is 5.91 Å². The van der Waals surface area contributed by atoms with Gasteiger partial charge in [0.15, 0.2) is 0 Å². The molecule has 3 unspecified atom stereocenters. The molecule has 4 amide bonds. The third kappa shape index (κ3) is 10.3. The second-order valence-electron chi connectivity index (χ2n) is 10.9. The lowest BCUT2D eigenvalue weighted by Crippen LogP contribution is -2.57. The van der Waals surface area contributed by atoms with Crippen molar-refractivity contribution >= 4 is 23.6 Å². The number of aromatic nitrogens is 2. The van der Waals surface area contributed by atoms with E-state index in [1.165, 1.54) is 12.5 Å². The van der Waals surface area contributed by atoms with Gasteiger partial charge in [-0.2, -0.15) is 26.3 Å². The Balaban J connectivity index is 1.95. The molecule has 46 heavy (non-hydrogen) atoms. The number of amides is 4. The molecule has 0 saturated carbocycles. The summed E-state index contributed by atoms with van der Waals surface area (Å²) in [7, 11) is 0. The predicted molar refractivity (Wildman–Crippen MR) is 153 cm³/mol. The van der Waals surface area contributed by atoms with E-state index in [2.05, 4.69) is 25.9 Å². The minimum absolute atomic E-state index is 0.0439. The normalized spacial score (nSPS) is 13.8. The van der Waals surface area contributed by atoms with Crippen LogP contribution in [-0.2, 0) is 39.6 Å². The van der Waals surface area contributed by atoms with Crippen molar-refractivity contribution in [3.63, 3.8) is 0 Å². The van der Waals surface area contributed by atoms with Gasteiger partial charge in [-0.15, -0.1) is 0 Å². The summed E-state index contributed by atoms with van der Waals surface area (Å²) in [5, 5.41) is 7.19. The molecule has 1 aromatic heterocycles. The fraction of sp³-hybridized carbons (Fsp3) is 0.367. The van der Waals surface area contributed by atoms with Gasteiger partial charge < -0.3 is 26.7 Å². The minimum atomic E-state index is -5.21. The summed E-state index contributed by atoms with van der Waals surface area (Å²) in [6, 6.07) is 4.39. The van der Waals surface area contributed by atoms with Crippen molar-refractivity contribution < 1.29 is 45.5 Å². The molecule has 16 heteroatoms. The highest BCUT2D eigenvalue weighted by Crippen LogP contribution is 2.36. The van der Waals surface area contributed by atoms with Crippen LogP contribution in [0.2, 0.25) is 0 Å². The third-order valence-corrected chi connectivity index (χ3v) is 6.73. The van der Waals surface area contributed by atoms with E-state index in [0.29, 0.717) is 11.3 Å². The highest BCUT2D eigenvalue weighted by molar-refractivity contribution is 5.99. The molecule has 0 aliphatic rings. The van der Waals surface area contributed by atoms with Crippen molar-refractivity contribution in [1.29, 1.82) is 0 Å². The van der Waals surface area contributed by atoms with Gasteiger partial charge >= 0.3 is 12.4 Å². The maximum Gasteiger partial charge on any atom is 0.416 e. The van der Waals surface area contributed by atoms with Gasteiger partial charge in [0, 0.05) is 30.3 Å². The number of carbonyl (C=O) groups excluding carboxylic acids is 4. The lowest BCUT2D eigenvalue weighted by atomic mass is 10.0. The zero-order chi connectivity index (χ0) is 34.2. The van der Waals surface area contributed by atoms with Crippen molar-refractivity contribution in [3.05, 3.63) is 89.0 Å². The molecule has 6 N–H and O–H groups in total. The standard InChI is InChI=1S/C30H32F6N6O4/c1-16(2)8-22(25(37)43)40-28(46)24(13-21-14-38-15-39-21)42-27(45)23(9-17-6-4-3-5-7-17)41-26(44)18-10-19(29(31,32)33)12-20(11-18)30(34,35)36/h3-7,10-12,14-16,22-24H,8-9,13H2,1-2H3,(H2,37,43)(H,38,39)(H,40,46)(H,41,44)(H,42,45). The zero-order valence-corrected chi connectivity index (χ0v) is 24.6. The lowest BCUT2D eigenvalue weighted by molar-refractivity contribution is -0.143. The highest BCUT2D eigenvalue weighted by Gasteiger charge is 2.38. The Morgan fingerprint density at radius 2 is 1.35 bits per heavy atom. The number of H-pyrrole nitrogens is 1. The number of hydrogen-bond donors (Lipinski definition) is 5. The Labute approximate surface area is 259 Å². The molecule has 0 fully saturated rings. The van der Waals surface area contributed by atoms with E-state index < -0.39 is 70.8 Å². The molecule has 10 nitrogen and oxygen atoms in total. The summed E-state index contributed by atoms with van der Waals surface area (Å²) in [4.78, 5) is 58.7. The van der Waals surface area contributed by atoms with E-state index in [1.54, 1.807) is 44.2 Å². The smallest absolute Gasteiger partial charge is 0.368 e. The Morgan fingerprint density at radius 3 is 1.83 bits per heavy atom. The number of halogens is 6. The first kappa shape index (κ1) is 35.6. The summed E-state index contributed by atoms with van der Waals surface area (Å²) < 4.78 is 80.6. The quantitative estimate of drug-likeness (QED) is 0.178. The van der Waals surface area contributed by atoms with Gasteiger partial charge in [-0.05, 0) is 36.1 Å². The van der Waals surface area contributed by atoms with Gasteiger partial charge in [0.2, 0.25) is 17.7 Å². The molecule has 1 heterocycles. The van der Waals surface area contributed by atoms with Crippen molar-refractivity contribution in [2.45, 2.75) is 63.6 Å².